The molecule has 0 aromatic heterocycles. The molecule has 2 aromatic rings. The van der Waals surface area contributed by atoms with Gasteiger partial charge in [-0.1, -0.05) is 11.6 Å². The van der Waals surface area contributed by atoms with Crippen LogP contribution in [0.2, 0.25) is 5.02 Å². The summed E-state index contributed by atoms with van der Waals surface area (Å²) in [6.45, 7) is 0. The van der Waals surface area contributed by atoms with Crippen molar-refractivity contribution in [1.29, 1.82) is 0 Å². The number of halogens is 1. The third-order valence-corrected chi connectivity index (χ3v) is 3.45. The highest BCUT2D eigenvalue weighted by atomic mass is 35.5. The number of rotatable bonds is 5. The van der Waals surface area contributed by atoms with Gasteiger partial charge in [0.25, 0.3) is 5.69 Å². The van der Waals surface area contributed by atoms with Gasteiger partial charge in [0, 0.05) is 28.4 Å². The molecule has 124 valence electrons. The molecule has 2 aromatic carbocycles. The van der Waals surface area contributed by atoms with Gasteiger partial charge >= 0.3 is 0 Å². The number of benzene rings is 2. The van der Waals surface area contributed by atoms with E-state index in [0.29, 0.717) is 10.6 Å². The Morgan fingerprint density at radius 3 is 2.67 bits per heavy atom. The van der Waals surface area contributed by atoms with Crippen LogP contribution in [0.3, 0.4) is 0 Å². The SMILES string of the molecule is COc1ccc(NC(=S)N/N=C/c2cc([N+](=O)[O-])ccc2Cl)cc1. The Balaban J connectivity index is 1.96. The number of nitrogens with one attached hydrogen (secondary N) is 2. The van der Waals surface area contributed by atoms with Crippen molar-refractivity contribution in [3.05, 3.63) is 63.2 Å². The molecule has 9 heteroatoms. The minimum absolute atomic E-state index is 0.0696. The summed E-state index contributed by atoms with van der Waals surface area (Å²) in [5, 5.41) is 18.2. The number of anilines is 1. The normalized spacial score (nSPS) is 10.4. The molecular weight excluding hydrogens is 352 g/mol. The number of methoxy groups -OCH3 is 1. The highest BCUT2D eigenvalue weighted by Crippen LogP contribution is 2.20. The molecule has 0 amide bonds. The Labute approximate surface area is 148 Å². The summed E-state index contributed by atoms with van der Waals surface area (Å²) in [5.74, 6) is 0.734. The topological polar surface area (TPSA) is 88.8 Å². The summed E-state index contributed by atoms with van der Waals surface area (Å²) in [6, 6.07) is 11.3. The fourth-order valence-corrected chi connectivity index (χ4v) is 2.07. The first-order valence-corrected chi connectivity index (χ1v) is 7.46. The van der Waals surface area contributed by atoms with E-state index in [1.165, 1.54) is 24.4 Å². The number of ether oxygens (including phenoxy) is 1. The molecule has 0 spiro atoms. The minimum Gasteiger partial charge on any atom is -0.497 e. The number of hydrogen-bond acceptors (Lipinski definition) is 5. The average Bonchev–Trinajstić information content (AvgIpc) is 2.57. The molecule has 0 aliphatic carbocycles. The van der Waals surface area contributed by atoms with Crippen molar-refractivity contribution in [3.8, 4) is 5.75 Å². The van der Waals surface area contributed by atoms with E-state index in [9.17, 15) is 10.1 Å². The molecular formula is C15H13ClN4O3S. The van der Waals surface area contributed by atoms with E-state index in [1.54, 1.807) is 31.4 Å². The van der Waals surface area contributed by atoms with Crippen molar-refractivity contribution < 1.29 is 9.66 Å². The molecule has 24 heavy (non-hydrogen) atoms. The molecule has 0 bridgehead atoms. The van der Waals surface area contributed by atoms with Crippen molar-refractivity contribution in [3.63, 3.8) is 0 Å². The molecule has 2 rings (SSSR count). The van der Waals surface area contributed by atoms with Crippen LogP contribution in [0, 0.1) is 10.1 Å². The molecule has 7 nitrogen and oxygen atoms in total. The van der Waals surface area contributed by atoms with Crippen LogP contribution in [0.25, 0.3) is 0 Å². The fourth-order valence-electron chi connectivity index (χ4n) is 1.74. The largest absolute Gasteiger partial charge is 0.497 e. The van der Waals surface area contributed by atoms with E-state index < -0.39 is 4.92 Å². The summed E-state index contributed by atoms with van der Waals surface area (Å²) in [6.07, 6.45) is 1.36. The van der Waals surface area contributed by atoms with Gasteiger partial charge in [0.2, 0.25) is 0 Å². The highest BCUT2D eigenvalue weighted by Gasteiger charge is 2.08. The zero-order chi connectivity index (χ0) is 17.5. The predicted molar refractivity (Wildman–Crippen MR) is 98.1 cm³/mol. The van der Waals surface area contributed by atoms with E-state index in [-0.39, 0.29) is 10.8 Å². The predicted octanol–water partition coefficient (Wildman–Crippen LogP) is 3.58. The Hall–Kier alpha value is -2.71. The summed E-state index contributed by atoms with van der Waals surface area (Å²) in [4.78, 5) is 10.3. The van der Waals surface area contributed by atoms with Gasteiger partial charge in [0.1, 0.15) is 5.75 Å². The first-order valence-electron chi connectivity index (χ1n) is 6.67. The van der Waals surface area contributed by atoms with Crippen LogP contribution in [0.15, 0.2) is 47.6 Å². The standard InChI is InChI=1S/C15H13ClN4O3S/c1-23-13-5-2-11(3-6-13)18-15(24)19-17-9-10-8-12(20(21)22)4-7-14(10)16/h2-9H,1H3,(H2,18,19,24)/b17-9+. The Morgan fingerprint density at radius 2 is 2.04 bits per heavy atom. The fraction of sp³-hybridized carbons (Fsp3) is 0.0667. The number of nitro groups is 1. The van der Waals surface area contributed by atoms with Gasteiger partial charge < -0.3 is 10.1 Å². The van der Waals surface area contributed by atoms with E-state index in [2.05, 4.69) is 15.8 Å². The molecule has 0 atom stereocenters. The van der Waals surface area contributed by atoms with Crippen molar-refractivity contribution in [2.45, 2.75) is 0 Å². The maximum absolute atomic E-state index is 10.8. The zero-order valence-electron chi connectivity index (χ0n) is 12.5. The summed E-state index contributed by atoms with van der Waals surface area (Å²) in [7, 11) is 1.59. The van der Waals surface area contributed by atoms with Crippen molar-refractivity contribution in [1.82, 2.24) is 5.43 Å². The second-order valence-electron chi connectivity index (χ2n) is 4.52. The lowest BCUT2D eigenvalue weighted by Gasteiger charge is -2.07. The number of hydrogen-bond donors (Lipinski definition) is 2. The second kappa shape index (κ2) is 8.23. The lowest BCUT2D eigenvalue weighted by molar-refractivity contribution is -0.384. The number of nitro benzene ring substituents is 1. The average molecular weight is 365 g/mol. The number of non-ortho nitro benzene ring substituents is 1. The lowest BCUT2D eigenvalue weighted by Crippen LogP contribution is -2.23. The number of hydrazone groups is 1. The smallest absolute Gasteiger partial charge is 0.270 e. The van der Waals surface area contributed by atoms with Crippen molar-refractivity contribution in [2.24, 2.45) is 5.10 Å². The first-order chi connectivity index (χ1) is 11.5. The Morgan fingerprint density at radius 1 is 1.33 bits per heavy atom. The molecule has 2 N–H and O–H groups in total. The molecule has 0 aliphatic rings. The third kappa shape index (κ3) is 4.90. The molecule has 0 unspecified atom stereocenters. The number of nitrogens with zero attached hydrogens (tertiary/aromatic N) is 2. The maximum Gasteiger partial charge on any atom is 0.270 e. The second-order valence-corrected chi connectivity index (χ2v) is 5.33. The molecule has 0 heterocycles. The lowest BCUT2D eigenvalue weighted by atomic mass is 10.2. The van der Waals surface area contributed by atoms with Crippen LogP contribution in [0.5, 0.6) is 5.75 Å². The van der Waals surface area contributed by atoms with Gasteiger partial charge in [-0.05, 0) is 42.5 Å². The summed E-state index contributed by atoms with van der Waals surface area (Å²) in [5.41, 5.74) is 3.71. The van der Waals surface area contributed by atoms with E-state index in [0.717, 1.165) is 11.4 Å². The monoisotopic (exact) mass is 364 g/mol. The quantitative estimate of drug-likeness (QED) is 0.365. The van der Waals surface area contributed by atoms with Crippen LogP contribution >= 0.6 is 23.8 Å². The maximum atomic E-state index is 10.8. The van der Waals surface area contributed by atoms with E-state index in [1.807, 2.05) is 0 Å². The van der Waals surface area contributed by atoms with Crippen LogP contribution in [-0.4, -0.2) is 23.4 Å². The number of thiocarbonyl (C=S) groups is 1. The molecule has 0 saturated carbocycles. The summed E-state index contributed by atoms with van der Waals surface area (Å²) < 4.78 is 5.07. The highest BCUT2D eigenvalue weighted by molar-refractivity contribution is 7.80. The van der Waals surface area contributed by atoms with Crippen molar-refractivity contribution in [2.75, 3.05) is 12.4 Å². The van der Waals surface area contributed by atoms with Gasteiger partial charge in [-0.25, -0.2) is 0 Å². The van der Waals surface area contributed by atoms with E-state index >= 15 is 0 Å². The van der Waals surface area contributed by atoms with Gasteiger partial charge in [-0.3, -0.25) is 15.5 Å². The van der Waals surface area contributed by atoms with Crippen LogP contribution in [-0.2, 0) is 0 Å². The van der Waals surface area contributed by atoms with Gasteiger partial charge in [0.05, 0.1) is 18.2 Å². The van der Waals surface area contributed by atoms with Gasteiger partial charge in [-0.2, -0.15) is 5.10 Å². The van der Waals surface area contributed by atoms with Crippen LogP contribution in [0.1, 0.15) is 5.56 Å². The zero-order valence-corrected chi connectivity index (χ0v) is 14.1. The third-order valence-electron chi connectivity index (χ3n) is 2.91. The molecule has 0 radical (unpaired) electrons. The molecule has 0 fully saturated rings. The van der Waals surface area contributed by atoms with Crippen molar-refractivity contribution >= 4 is 46.5 Å². The van der Waals surface area contributed by atoms with Gasteiger partial charge in [0.15, 0.2) is 5.11 Å². The minimum atomic E-state index is -0.503. The Kier molecular flexibility index (Phi) is 6.05. The first kappa shape index (κ1) is 17.6. The summed E-state index contributed by atoms with van der Waals surface area (Å²) >= 11 is 11.1. The van der Waals surface area contributed by atoms with Crippen LogP contribution in [0.4, 0.5) is 11.4 Å². The van der Waals surface area contributed by atoms with E-state index in [4.69, 9.17) is 28.6 Å². The molecule has 0 saturated heterocycles. The molecule has 0 aliphatic heterocycles. The van der Waals surface area contributed by atoms with Crippen LogP contribution < -0.4 is 15.5 Å². The Bertz CT molecular complexity index is 781. The van der Waals surface area contributed by atoms with Gasteiger partial charge in [-0.15, -0.1) is 0 Å².